The molecule has 24 heavy (non-hydrogen) atoms. The van der Waals surface area contributed by atoms with Crippen LogP contribution in [0.15, 0.2) is 42.0 Å². The molecule has 0 N–H and O–H groups in total. The topological polar surface area (TPSA) is 46.4 Å². The summed E-state index contributed by atoms with van der Waals surface area (Å²) in [5.41, 5.74) is 1.86. The van der Waals surface area contributed by atoms with Crippen molar-refractivity contribution >= 4 is 18.0 Å². The Morgan fingerprint density at radius 2 is 2.08 bits per heavy atom. The maximum Gasteiger partial charge on any atom is 0.380 e. The van der Waals surface area contributed by atoms with E-state index in [1.54, 1.807) is 0 Å². The normalized spacial score (nSPS) is 23.5. The van der Waals surface area contributed by atoms with Crippen LogP contribution < -0.4 is 0 Å². The van der Waals surface area contributed by atoms with Crippen molar-refractivity contribution in [3.8, 4) is 0 Å². The van der Waals surface area contributed by atoms with Crippen LogP contribution in [-0.2, 0) is 14.3 Å². The van der Waals surface area contributed by atoms with Crippen molar-refractivity contribution in [2.75, 3.05) is 13.7 Å². The first-order valence-corrected chi connectivity index (χ1v) is 8.64. The molecule has 126 valence electrons. The zero-order chi connectivity index (χ0) is 17.1. The third-order valence-corrected chi connectivity index (χ3v) is 4.94. The minimum Gasteiger partial charge on any atom is -0.464 e. The number of ether oxygens (including phenoxy) is 1. The molecule has 1 heterocycles. The number of rotatable bonds is 6. The second-order valence-corrected chi connectivity index (χ2v) is 6.53. The van der Waals surface area contributed by atoms with Crippen molar-refractivity contribution in [1.82, 2.24) is 0 Å². The largest absolute Gasteiger partial charge is 0.464 e. The molecular formula is C20H24NO3+. The fourth-order valence-electron chi connectivity index (χ4n) is 3.68. The lowest BCUT2D eigenvalue weighted by atomic mass is 9.98. The van der Waals surface area contributed by atoms with Crippen molar-refractivity contribution in [1.29, 1.82) is 0 Å². The number of allylic oxidation sites excluding steroid dienone is 1. The fourth-order valence-corrected chi connectivity index (χ4v) is 3.68. The van der Waals surface area contributed by atoms with Gasteiger partial charge in [0.15, 0.2) is 18.5 Å². The van der Waals surface area contributed by atoms with Gasteiger partial charge in [0.2, 0.25) is 0 Å². The van der Waals surface area contributed by atoms with Gasteiger partial charge in [-0.15, -0.1) is 0 Å². The maximum absolute atomic E-state index is 12.6. The van der Waals surface area contributed by atoms with E-state index >= 15 is 0 Å². The van der Waals surface area contributed by atoms with E-state index < -0.39 is 6.04 Å². The third kappa shape index (κ3) is 3.05. The average Bonchev–Trinajstić information content (AvgIpc) is 3.13. The minimum absolute atomic E-state index is 0.118. The van der Waals surface area contributed by atoms with Crippen molar-refractivity contribution in [2.45, 2.75) is 32.2 Å². The molecule has 4 nitrogen and oxygen atoms in total. The molecule has 0 aromatic heterocycles. The summed E-state index contributed by atoms with van der Waals surface area (Å²) in [5, 5.41) is 0. The van der Waals surface area contributed by atoms with Crippen molar-refractivity contribution in [3.63, 3.8) is 0 Å². The van der Waals surface area contributed by atoms with Gasteiger partial charge in [-0.05, 0) is 18.4 Å². The summed E-state index contributed by atoms with van der Waals surface area (Å²) in [5.74, 6) is 0.000588. The Balaban J connectivity index is 1.82. The van der Waals surface area contributed by atoms with Crippen molar-refractivity contribution < 1.29 is 18.9 Å². The molecule has 0 fully saturated rings. The van der Waals surface area contributed by atoms with Gasteiger partial charge in [-0.3, -0.25) is 4.79 Å². The van der Waals surface area contributed by atoms with Gasteiger partial charge in [0.1, 0.15) is 5.92 Å². The average molecular weight is 326 g/mol. The van der Waals surface area contributed by atoms with Crippen LogP contribution >= 0.6 is 0 Å². The first-order valence-electron chi connectivity index (χ1n) is 8.64. The van der Waals surface area contributed by atoms with Gasteiger partial charge in [0.25, 0.3) is 6.04 Å². The molecule has 1 aliphatic heterocycles. The number of nitrogens with zero attached hydrogens (tertiary/aromatic N) is 1. The summed E-state index contributed by atoms with van der Waals surface area (Å²) in [4.78, 5) is 24.9. The zero-order valence-electron chi connectivity index (χ0n) is 14.3. The lowest BCUT2D eigenvalue weighted by molar-refractivity contribution is -0.552. The standard InChI is InChI=1S/C20H24NO3/c1-3-4-8-15-11-16-12-21(13-17(16)19(15)22)18(20(23)24-2)14-9-6-5-7-10-14/h5-7,9-11,13,16-18H,3-4,8,12H2,1-2H3/q+1/t16-,17+,18-/m0/s1. The fraction of sp³-hybridized carbons (Fsp3) is 0.450. The van der Waals surface area contributed by atoms with E-state index in [-0.39, 0.29) is 23.6 Å². The lowest BCUT2D eigenvalue weighted by Crippen LogP contribution is -2.27. The van der Waals surface area contributed by atoms with E-state index in [2.05, 4.69) is 13.0 Å². The van der Waals surface area contributed by atoms with Gasteiger partial charge >= 0.3 is 5.97 Å². The number of esters is 1. The van der Waals surface area contributed by atoms with E-state index in [1.807, 2.05) is 41.1 Å². The van der Waals surface area contributed by atoms with Crippen LogP contribution in [0.4, 0.5) is 0 Å². The van der Waals surface area contributed by atoms with Crippen LogP contribution in [0.3, 0.4) is 0 Å². The molecule has 0 radical (unpaired) electrons. The summed E-state index contributed by atoms with van der Waals surface area (Å²) in [7, 11) is 1.41. The Kier molecular flexibility index (Phi) is 4.93. The van der Waals surface area contributed by atoms with Gasteiger partial charge in [-0.1, -0.05) is 49.8 Å². The Morgan fingerprint density at radius 3 is 2.71 bits per heavy atom. The highest BCUT2D eigenvalue weighted by molar-refractivity contribution is 6.08. The molecule has 2 aliphatic rings. The first-order chi connectivity index (χ1) is 11.7. The van der Waals surface area contributed by atoms with Gasteiger partial charge < -0.3 is 4.74 Å². The van der Waals surface area contributed by atoms with Gasteiger partial charge in [-0.2, -0.15) is 0 Å². The quantitative estimate of drug-likeness (QED) is 0.596. The molecular weight excluding hydrogens is 302 g/mol. The molecule has 0 saturated heterocycles. The maximum atomic E-state index is 12.6. The second-order valence-electron chi connectivity index (χ2n) is 6.53. The molecule has 0 saturated carbocycles. The van der Waals surface area contributed by atoms with E-state index in [0.717, 1.165) is 30.4 Å². The number of fused-ring (bicyclic) bond motifs is 1. The van der Waals surface area contributed by atoms with Crippen molar-refractivity contribution in [3.05, 3.63) is 47.5 Å². The number of ketones is 1. The van der Waals surface area contributed by atoms with Crippen LogP contribution in [0, 0.1) is 11.8 Å². The summed E-state index contributed by atoms with van der Waals surface area (Å²) in [6.07, 6.45) is 7.08. The summed E-state index contributed by atoms with van der Waals surface area (Å²) in [6.45, 7) is 2.82. The highest BCUT2D eigenvalue weighted by atomic mass is 16.5. The SMILES string of the molecule is CCCCC1=C[C@H]2C[N+]([C@H](C(=O)OC)c3ccccc3)=C[C@H]2C1=O. The van der Waals surface area contributed by atoms with Crippen LogP contribution in [0.5, 0.6) is 0 Å². The number of hydrogen-bond acceptors (Lipinski definition) is 3. The smallest absolute Gasteiger partial charge is 0.380 e. The van der Waals surface area contributed by atoms with E-state index in [1.165, 1.54) is 7.11 Å². The number of unbranched alkanes of at least 4 members (excludes halogenated alkanes) is 1. The van der Waals surface area contributed by atoms with E-state index in [9.17, 15) is 9.59 Å². The predicted molar refractivity (Wildman–Crippen MR) is 92.0 cm³/mol. The third-order valence-electron chi connectivity index (χ3n) is 4.94. The van der Waals surface area contributed by atoms with Crippen LogP contribution in [-0.4, -0.2) is 36.2 Å². The molecule has 1 aliphatic carbocycles. The van der Waals surface area contributed by atoms with Crippen LogP contribution in [0.25, 0.3) is 0 Å². The summed E-state index contributed by atoms with van der Waals surface area (Å²) >= 11 is 0. The molecule has 1 aromatic carbocycles. The number of carbonyl (C=O) groups is 2. The van der Waals surface area contributed by atoms with Crippen LogP contribution in [0.2, 0.25) is 0 Å². The molecule has 3 rings (SSSR count). The number of Topliss-reactive ketones (excluding diaryl/α,β-unsaturated/α-hetero) is 1. The van der Waals surface area contributed by atoms with E-state index in [0.29, 0.717) is 6.54 Å². The Hall–Kier alpha value is -2.23. The second kappa shape index (κ2) is 7.12. The van der Waals surface area contributed by atoms with E-state index in [4.69, 9.17) is 4.74 Å². The summed E-state index contributed by atoms with van der Waals surface area (Å²) in [6, 6.07) is 9.11. The Bertz CT molecular complexity index is 690. The number of benzene rings is 1. The predicted octanol–water partition coefficient (Wildman–Crippen LogP) is 2.93. The number of methoxy groups -OCH3 is 1. The lowest BCUT2D eigenvalue weighted by Gasteiger charge is -2.12. The molecule has 0 unspecified atom stereocenters. The zero-order valence-corrected chi connectivity index (χ0v) is 14.3. The minimum atomic E-state index is -0.484. The number of carbonyl (C=O) groups excluding carboxylic acids is 2. The molecule has 0 bridgehead atoms. The number of hydrogen-bond donors (Lipinski definition) is 0. The molecule has 3 atom stereocenters. The van der Waals surface area contributed by atoms with Gasteiger partial charge in [0.05, 0.1) is 13.0 Å². The van der Waals surface area contributed by atoms with Gasteiger partial charge in [0, 0.05) is 5.56 Å². The Morgan fingerprint density at radius 1 is 1.33 bits per heavy atom. The molecule has 0 spiro atoms. The molecule has 4 heteroatoms. The highest BCUT2D eigenvalue weighted by Crippen LogP contribution is 2.35. The monoisotopic (exact) mass is 326 g/mol. The first kappa shape index (κ1) is 16.6. The summed E-state index contributed by atoms with van der Waals surface area (Å²) < 4.78 is 6.98. The highest BCUT2D eigenvalue weighted by Gasteiger charge is 2.47. The van der Waals surface area contributed by atoms with Crippen LogP contribution in [0.1, 0.15) is 37.8 Å². The molecule has 0 amide bonds. The van der Waals surface area contributed by atoms with Gasteiger partial charge in [-0.25, -0.2) is 9.37 Å². The van der Waals surface area contributed by atoms with Crippen molar-refractivity contribution in [2.24, 2.45) is 11.8 Å². The Labute approximate surface area is 142 Å². The molecule has 1 aromatic rings.